The molecule has 4 aromatic rings. The third kappa shape index (κ3) is 6.49. The van der Waals surface area contributed by atoms with Crippen LogP contribution in [-0.4, -0.2) is 43.7 Å². The first-order valence-electron chi connectivity index (χ1n) is 11.9. The Balaban J connectivity index is 0.00000124. The Labute approximate surface area is 239 Å². The maximum Gasteiger partial charge on any atom is 0.335 e. The maximum atomic E-state index is 13.3. The molecule has 0 saturated carbocycles. The van der Waals surface area contributed by atoms with Crippen LogP contribution in [0.5, 0.6) is 0 Å². The fourth-order valence-electron chi connectivity index (χ4n) is 4.03. The molecule has 41 heavy (non-hydrogen) atoms. The predicted molar refractivity (Wildman–Crippen MR) is 150 cm³/mol. The van der Waals surface area contributed by atoms with E-state index in [4.69, 9.17) is 12.7 Å². The Bertz CT molecular complexity index is 1710. The van der Waals surface area contributed by atoms with Crippen LogP contribution in [-0.2, 0) is 35.6 Å². The Kier molecular flexibility index (Phi) is 8.92. The molecule has 0 saturated heterocycles. The molecule has 1 aliphatic rings. The van der Waals surface area contributed by atoms with Crippen molar-refractivity contribution >= 4 is 56.0 Å². The van der Waals surface area contributed by atoms with Crippen molar-refractivity contribution in [3.63, 3.8) is 0 Å². The Morgan fingerprint density at radius 2 is 1.32 bits per heavy atom. The zero-order valence-corrected chi connectivity index (χ0v) is 23.3. The third-order valence-electron chi connectivity index (χ3n) is 5.87. The lowest BCUT2D eigenvalue weighted by molar-refractivity contribution is -0.160. The standard InChI is InChI=1S/C28H22N4O5S.O2S/c1-18-9-14-22(19(2)17-18)31-20-10-12-21(13-11-20)38(35,36)37-32-27(33)25(23-7-3-5-15-29-23)26(28(32)34)24-8-4-6-16-30-24;1-3-2/h3-17,31H,1-2H3;. The van der Waals surface area contributed by atoms with Gasteiger partial charge in [-0.1, -0.05) is 29.8 Å². The fourth-order valence-corrected chi connectivity index (χ4v) is 4.92. The van der Waals surface area contributed by atoms with Gasteiger partial charge < -0.3 is 5.32 Å². The van der Waals surface area contributed by atoms with Crippen LogP contribution in [0.1, 0.15) is 22.5 Å². The van der Waals surface area contributed by atoms with Gasteiger partial charge in [-0.2, -0.15) is 16.8 Å². The Morgan fingerprint density at radius 1 is 0.780 bits per heavy atom. The molecule has 0 spiro atoms. The van der Waals surface area contributed by atoms with Gasteiger partial charge in [-0.15, -0.1) is 9.35 Å². The number of nitrogens with zero attached hydrogens (tertiary/aromatic N) is 3. The van der Waals surface area contributed by atoms with Gasteiger partial charge in [0.1, 0.15) is 0 Å². The smallest absolute Gasteiger partial charge is 0.335 e. The quantitative estimate of drug-likeness (QED) is 0.315. The summed E-state index contributed by atoms with van der Waals surface area (Å²) < 4.78 is 47.9. The number of aromatic nitrogens is 2. The molecule has 5 rings (SSSR count). The van der Waals surface area contributed by atoms with Crippen molar-refractivity contribution in [3.8, 4) is 0 Å². The van der Waals surface area contributed by atoms with E-state index in [-0.39, 0.29) is 32.5 Å². The normalized spacial score (nSPS) is 13.1. The maximum absolute atomic E-state index is 13.3. The first-order chi connectivity index (χ1) is 19.7. The van der Waals surface area contributed by atoms with E-state index in [1.807, 2.05) is 32.0 Å². The highest BCUT2D eigenvalue weighted by molar-refractivity contribution is 7.86. The first kappa shape index (κ1) is 29.1. The molecule has 13 heteroatoms. The van der Waals surface area contributed by atoms with E-state index < -0.39 is 33.5 Å². The second kappa shape index (κ2) is 12.6. The summed E-state index contributed by atoms with van der Waals surface area (Å²) in [6, 6.07) is 21.4. The van der Waals surface area contributed by atoms with Crippen LogP contribution in [0.3, 0.4) is 0 Å². The van der Waals surface area contributed by atoms with Crippen molar-refractivity contribution in [2.75, 3.05) is 5.32 Å². The number of aryl methyl sites for hydroxylation is 2. The van der Waals surface area contributed by atoms with Crippen molar-refractivity contribution in [2.24, 2.45) is 0 Å². The molecule has 1 N–H and O–H groups in total. The molecule has 0 atom stereocenters. The van der Waals surface area contributed by atoms with Crippen molar-refractivity contribution in [1.82, 2.24) is 15.0 Å². The number of carbonyl (C=O) groups is 2. The summed E-state index contributed by atoms with van der Waals surface area (Å²) in [6.07, 6.45) is 2.92. The lowest BCUT2D eigenvalue weighted by Gasteiger charge is -2.15. The summed E-state index contributed by atoms with van der Waals surface area (Å²) in [6.45, 7) is 3.97. The molecule has 2 aromatic heterocycles. The number of imide groups is 1. The van der Waals surface area contributed by atoms with Crippen molar-refractivity contribution in [3.05, 3.63) is 114 Å². The fraction of sp³-hybridized carbons (Fsp3) is 0.0714. The second-order valence-electron chi connectivity index (χ2n) is 8.65. The number of anilines is 2. The van der Waals surface area contributed by atoms with E-state index in [0.29, 0.717) is 5.69 Å². The molecular formula is C28H22N4O7S2. The van der Waals surface area contributed by atoms with Gasteiger partial charge in [0.15, 0.2) is 0 Å². The van der Waals surface area contributed by atoms with Crippen LogP contribution >= 0.6 is 0 Å². The predicted octanol–water partition coefficient (Wildman–Crippen LogP) is 3.77. The lowest BCUT2D eigenvalue weighted by atomic mass is 10.0. The SMILES string of the molecule is Cc1ccc(Nc2ccc(S(=O)(=O)ON3C(=O)C(c4ccccn4)=C(c4ccccn4)C3=O)cc2)c(C)c1.O=S=O. The lowest BCUT2D eigenvalue weighted by Crippen LogP contribution is -2.34. The molecule has 11 nitrogen and oxygen atoms in total. The number of pyridine rings is 2. The highest BCUT2D eigenvalue weighted by atomic mass is 32.2. The first-order valence-corrected chi connectivity index (χ1v) is 14.0. The molecule has 0 radical (unpaired) electrons. The van der Waals surface area contributed by atoms with Gasteiger partial charge in [-0.25, -0.2) is 0 Å². The molecule has 2 amide bonds. The van der Waals surface area contributed by atoms with Gasteiger partial charge in [0, 0.05) is 23.8 Å². The second-order valence-corrected chi connectivity index (χ2v) is 10.3. The minimum absolute atomic E-state index is 0.0995. The number of hydrogen-bond acceptors (Lipinski definition) is 10. The summed E-state index contributed by atoms with van der Waals surface area (Å²) in [5, 5.41) is 3.48. The van der Waals surface area contributed by atoms with Crippen molar-refractivity contribution < 1.29 is 30.7 Å². The van der Waals surface area contributed by atoms with Crippen LogP contribution in [0, 0.1) is 13.8 Å². The molecule has 0 aliphatic carbocycles. The van der Waals surface area contributed by atoms with Gasteiger partial charge >= 0.3 is 21.7 Å². The van der Waals surface area contributed by atoms with Gasteiger partial charge in [0.2, 0.25) is 0 Å². The van der Waals surface area contributed by atoms with Crippen LogP contribution in [0.4, 0.5) is 11.4 Å². The largest absolute Gasteiger partial charge is 0.355 e. The molecule has 0 bridgehead atoms. The van der Waals surface area contributed by atoms with Gasteiger partial charge in [0.05, 0.1) is 27.4 Å². The summed E-state index contributed by atoms with van der Waals surface area (Å²) >= 11 is -0.750. The van der Waals surface area contributed by atoms with Crippen LogP contribution in [0.2, 0.25) is 0 Å². The van der Waals surface area contributed by atoms with E-state index in [1.165, 1.54) is 24.5 Å². The summed E-state index contributed by atoms with van der Waals surface area (Å²) in [5.74, 6) is -1.91. The van der Waals surface area contributed by atoms with E-state index in [0.717, 1.165) is 16.8 Å². The minimum atomic E-state index is -4.54. The average molecular weight is 591 g/mol. The zero-order valence-electron chi connectivity index (χ0n) is 21.7. The molecule has 1 aliphatic heterocycles. The number of amides is 2. The summed E-state index contributed by atoms with van der Waals surface area (Å²) in [5.41, 5.74) is 3.89. The van der Waals surface area contributed by atoms with E-state index in [2.05, 4.69) is 15.3 Å². The average Bonchev–Trinajstić information content (AvgIpc) is 3.20. The van der Waals surface area contributed by atoms with E-state index in [9.17, 15) is 18.0 Å². The number of hydrogen-bond donors (Lipinski definition) is 1. The topological polar surface area (TPSA) is 153 Å². The van der Waals surface area contributed by atoms with Crippen molar-refractivity contribution in [1.29, 1.82) is 0 Å². The van der Waals surface area contributed by atoms with Crippen LogP contribution < -0.4 is 5.32 Å². The third-order valence-corrected chi connectivity index (χ3v) is 7.06. The molecule has 0 fully saturated rings. The minimum Gasteiger partial charge on any atom is -0.355 e. The molecule has 0 unspecified atom stereocenters. The number of nitrogens with one attached hydrogen (secondary N) is 1. The molecule has 2 aromatic carbocycles. The molecular weight excluding hydrogens is 568 g/mol. The Hall–Kier alpha value is -4.85. The monoisotopic (exact) mass is 590 g/mol. The number of hydroxylamine groups is 2. The van der Waals surface area contributed by atoms with Gasteiger partial charge in [0.25, 0.3) is 11.8 Å². The Morgan fingerprint density at radius 3 is 1.78 bits per heavy atom. The molecule has 208 valence electrons. The van der Waals surface area contributed by atoms with E-state index in [1.54, 1.807) is 48.5 Å². The van der Waals surface area contributed by atoms with Crippen molar-refractivity contribution in [2.45, 2.75) is 18.7 Å². The van der Waals surface area contributed by atoms with Gasteiger partial charge in [-0.05, 0) is 74.0 Å². The number of benzene rings is 2. The van der Waals surface area contributed by atoms with Crippen LogP contribution in [0.25, 0.3) is 11.1 Å². The van der Waals surface area contributed by atoms with Crippen LogP contribution in [0.15, 0.2) is 96.2 Å². The number of rotatable bonds is 7. The zero-order chi connectivity index (χ0) is 29.6. The summed E-state index contributed by atoms with van der Waals surface area (Å²) in [7, 11) is -4.54. The number of carbonyl (C=O) groups excluding carboxylic acids is 2. The highest BCUT2D eigenvalue weighted by Crippen LogP contribution is 2.35. The van der Waals surface area contributed by atoms with E-state index >= 15 is 0 Å². The highest BCUT2D eigenvalue weighted by Gasteiger charge is 2.44. The van der Waals surface area contributed by atoms with Gasteiger partial charge in [-0.3, -0.25) is 19.6 Å². The molecule has 3 heterocycles. The summed E-state index contributed by atoms with van der Waals surface area (Å²) in [4.78, 5) is 34.7.